The highest BCUT2D eigenvalue weighted by Crippen LogP contribution is 2.22. The first-order chi connectivity index (χ1) is 8.24. The van der Waals surface area contributed by atoms with Gasteiger partial charge in [0.2, 0.25) is 0 Å². The van der Waals surface area contributed by atoms with Crippen molar-refractivity contribution in [2.45, 2.75) is 45.6 Å². The summed E-state index contributed by atoms with van der Waals surface area (Å²) < 4.78 is 0. The van der Waals surface area contributed by atoms with Crippen molar-refractivity contribution in [1.82, 2.24) is 5.32 Å². The van der Waals surface area contributed by atoms with Gasteiger partial charge in [0, 0.05) is 6.54 Å². The summed E-state index contributed by atoms with van der Waals surface area (Å²) >= 11 is 11.8. The molecule has 0 aliphatic heterocycles. The molecule has 1 aromatic carbocycles. The van der Waals surface area contributed by atoms with Crippen LogP contribution in [0.2, 0.25) is 10.0 Å². The summed E-state index contributed by atoms with van der Waals surface area (Å²) in [5, 5.41) is 4.68. The average Bonchev–Trinajstić information content (AvgIpc) is 2.32. The first-order valence-electron chi connectivity index (χ1n) is 6.38. The van der Waals surface area contributed by atoms with Gasteiger partial charge < -0.3 is 5.32 Å². The van der Waals surface area contributed by atoms with Gasteiger partial charge in [0.15, 0.2) is 0 Å². The zero-order valence-corrected chi connectivity index (χ0v) is 11.9. The molecule has 96 valence electrons. The molecule has 0 unspecified atom stereocenters. The molecule has 0 fully saturated rings. The largest absolute Gasteiger partial charge is 0.313 e. The number of halogens is 2. The van der Waals surface area contributed by atoms with E-state index in [0.29, 0.717) is 10.0 Å². The quantitative estimate of drug-likeness (QED) is 0.654. The third-order valence-corrected chi connectivity index (χ3v) is 3.51. The normalized spacial score (nSPS) is 10.8. The van der Waals surface area contributed by atoms with Crippen LogP contribution in [0.25, 0.3) is 0 Å². The Morgan fingerprint density at radius 3 is 2.47 bits per heavy atom. The smallest absolute Gasteiger partial charge is 0.0595 e. The van der Waals surface area contributed by atoms with Gasteiger partial charge in [-0.3, -0.25) is 0 Å². The van der Waals surface area contributed by atoms with Gasteiger partial charge in [0.25, 0.3) is 0 Å². The molecular formula is C14H21Cl2N. The van der Waals surface area contributed by atoms with Crippen LogP contribution in [-0.2, 0) is 6.54 Å². The fourth-order valence-corrected chi connectivity index (χ4v) is 2.06. The zero-order valence-electron chi connectivity index (χ0n) is 10.4. The molecule has 0 atom stereocenters. The molecular weight excluding hydrogens is 253 g/mol. The Bertz CT molecular complexity index is 326. The van der Waals surface area contributed by atoms with Crippen LogP contribution in [0.5, 0.6) is 0 Å². The molecule has 0 aliphatic carbocycles. The molecule has 0 radical (unpaired) electrons. The molecule has 0 aromatic heterocycles. The van der Waals surface area contributed by atoms with Gasteiger partial charge >= 0.3 is 0 Å². The highest BCUT2D eigenvalue weighted by Gasteiger charge is 1.98. The molecule has 1 N–H and O–H groups in total. The first kappa shape index (κ1) is 14.8. The molecule has 3 heteroatoms. The van der Waals surface area contributed by atoms with Crippen LogP contribution in [0.15, 0.2) is 18.2 Å². The van der Waals surface area contributed by atoms with E-state index in [4.69, 9.17) is 23.2 Å². The van der Waals surface area contributed by atoms with Gasteiger partial charge in [0.1, 0.15) is 0 Å². The second kappa shape index (κ2) is 8.79. The van der Waals surface area contributed by atoms with Gasteiger partial charge in [-0.1, -0.05) is 61.9 Å². The standard InChI is InChI=1S/C14H21Cl2N/c1-2-3-4-5-6-9-17-11-12-7-8-13(15)14(16)10-12/h7-8,10,17H,2-6,9,11H2,1H3. The number of hydrogen-bond donors (Lipinski definition) is 1. The van der Waals surface area contributed by atoms with Gasteiger partial charge in [-0.25, -0.2) is 0 Å². The third kappa shape index (κ3) is 6.30. The van der Waals surface area contributed by atoms with E-state index in [1.54, 1.807) is 0 Å². The van der Waals surface area contributed by atoms with Crippen LogP contribution in [0.1, 0.15) is 44.6 Å². The Morgan fingerprint density at radius 1 is 1.00 bits per heavy atom. The minimum atomic E-state index is 0.620. The minimum Gasteiger partial charge on any atom is -0.313 e. The fourth-order valence-electron chi connectivity index (χ4n) is 1.74. The number of hydrogen-bond acceptors (Lipinski definition) is 1. The Balaban J connectivity index is 2.11. The van der Waals surface area contributed by atoms with Gasteiger partial charge in [-0.15, -0.1) is 0 Å². The van der Waals surface area contributed by atoms with Crippen LogP contribution >= 0.6 is 23.2 Å². The lowest BCUT2D eigenvalue weighted by Crippen LogP contribution is -2.14. The number of unbranched alkanes of at least 4 members (excludes halogenated alkanes) is 4. The van der Waals surface area contributed by atoms with E-state index >= 15 is 0 Å². The van der Waals surface area contributed by atoms with E-state index in [1.165, 1.54) is 37.7 Å². The second-order valence-corrected chi connectivity index (χ2v) is 5.15. The van der Waals surface area contributed by atoms with E-state index in [-0.39, 0.29) is 0 Å². The molecule has 0 amide bonds. The molecule has 1 rings (SSSR count). The Hall–Kier alpha value is -0.240. The van der Waals surface area contributed by atoms with Crippen molar-refractivity contribution < 1.29 is 0 Å². The Morgan fingerprint density at radius 2 is 1.76 bits per heavy atom. The van der Waals surface area contributed by atoms with Gasteiger partial charge in [-0.2, -0.15) is 0 Å². The predicted octanol–water partition coefficient (Wildman–Crippen LogP) is 5.05. The predicted molar refractivity (Wildman–Crippen MR) is 76.9 cm³/mol. The summed E-state index contributed by atoms with van der Waals surface area (Å²) in [4.78, 5) is 0. The average molecular weight is 274 g/mol. The zero-order chi connectivity index (χ0) is 12.5. The summed E-state index contributed by atoms with van der Waals surface area (Å²) in [5.74, 6) is 0. The number of rotatable bonds is 8. The van der Waals surface area contributed by atoms with Crippen LogP contribution in [-0.4, -0.2) is 6.54 Å². The minimum absolute atomic E-state index is 0.620. The lowest BCUT2D eigenvalue weighted by atomic mass is 10.1. The molecule has 0 saturated heterocycles. The first-order valence-corrected chi connectivity index (χ1v) is 7.14. The van der Waals surface area contributed by atoms with Crippen LogP contribution in [0.3, 0.4) is 0 Å². The number of nitrogens with one attached hydrogen (secondary N) is 1. The topological polar surface area (TPSA) is 12.0 Å². The summed E-state index contributed by atoms with van der Waals surface area (Å²) in [6.07, 6.45) is 6.58. The molecule has 0 heterocycles. The Kier molecular flexibility index (Phi) is 7.67. The monoisotopic (exact) mass is 273 g/mol. The van der Waals surface area contributed by atoms with Crippen molar-refractivity contribution in [2.75, 3.05) is 6.54 Å². The maximum Gasteiger partial charge on any atom is 0.0595 e. The molecule has 0 saturated carbocycles. The lowest BCUT2D eigenvalue weighted by molar-refractivity contribution is 0.583. The van der Waals surface area contributed by atoms with Crippen molar-refractivity contribution in [3.05, 3.63) is 33.8 Å². The summed E-state index contributed by atoms with van der Waals surface area (Å²) in [7, 11) is 0. The molecule has 0 aliphatic rings. The third-order valence-electron chi connectivity index (χ3n) is 2.77. The molecule has 1 aromatic rings. The highest BCUT2D eigenvalue weighted by atomic mass is 35.5. The fraction of sp³-hybridized carbons (Fsp3) is 0.571. The van der Waals surface area contributed by atoms with Crippen LogP contribution in [0, 0.1) is 0 Å². The molecule has 17 heavy (non-hydrogen) atoms. The van der Waals surface area contributed by atoms with Crippen molar-refractivity contribution in [3.63, 3.8) is 0 Å². The maximum absolute atomic E-state index is 5.95. The van der Waals surface area contributed by atoms with Gasteiger partial charge in [0.05, 0.1) is 10.0 Å². The van der Waals surface area contributed by atoms with Crippen LogP contribution < -0.4 is 5.32 Å². The van der Waals surface area contributed by atoms with E-state index in [0.717, 1.165) is 13.1 Å². The van der Waals surface area contributed by atoms with E-state index < -0.39 is 0 Å². The summed E-state index contributed by atoms with van der Waals surface area (Å²) in [6.45, 7) is 4.18. The van der Waals surface area contributed by atoms with Crippen LogP contribution in [0.4, 0.5) is 0 Å². The number of benzene rings is 1. The maximum atomic E-state index is 5.95. The molecule has 1 nitrogen and oxygen atoms in total. The van der Waals surface area contributed by atoms with Gasteiger partial charge in [-0.05, 0) is 30.7 Å². The van der Waals surface area contributed by atoms with Crippen molar-refractivity contribution in [1.29, 1.82) is 0 Å². The highest BCUT2D eigenvalue weighted by molar-refractivity contribution is 6.42. The SMILES string of the molecule is CCCCCCCNCc1ccc(Cl)c(Cl)c1. The lowest BCUT2D eigenvalue weighted by Gasteiger charge is -2.06. The van der Waals surface area contributed by atoms with E-state index in [2.05, 4.69) is 12.2 Å². The van der Waals surface area contributed by atoms with Crippen molar-refractivity contribution in [3.8, 4) is 0 Å². The van der Waals surface area contributed by atoms with E-state index in [1.807, 2.05) is 18.2 Å². The van der Waals surface area contributed by atoms with E-state index in [9.17, 15) is 0 Å². The molecule has 0 spiro atoms. The second-order valence-electron chi connectivity index (χ2n) is 4.34. The van der Waals surface area contributed by atoms with Crippen molar-refractivity contribution in [2.24, 2.45) is 0 Å². The summed E-state index contributed by atoms with van der Waals surface area (Å²) in [5.41, 5.74) is 1.19. The summed E-state index contributed by atoms with van der Waals surface area (Å²) in [6, 6.07) is 5.79. The van der Waals surface area contributed by atoms with Crippen molar-refractivity contribution >= 4 is 23.2 Å². The molecule has 0 bridgehead atoms. The Labute approximate surface area is 115 Å².